The van der Waals surface area contributed by atoms with Gasteiger partial charge in [0, 0.05) is 56.6 Å². The first kappa shape index (κ1) is 20.7. The number of aryl methyl sites for hydroxylation is 1. The molecule has 1 aromatic carbocycles. The van der Waals surface area contributed by atoms with Crippen LogP contribution in [0, 0.1) is 12.3 Å². The molecule has 0 aliphatic carbocycles. The number of carbonyl (C=O) groups excluding carboxylic acids is 1. The normalized spacial score (nSPS) is 25.1. The Morgan fingerprint density at radius 2 is 2.03 bits per heavy atom. The van der Waals surface area contributed by atoms with Gasteiger partial charge in [-0.2, -0.15) is 0 Å². The average molecular weight is 407 g/mol. The molecule has 2 saturated heterocycles. The summed E-state index contributed by atoms with van der Waals surface area (Å²) in [6.45, 7) is 5.61. The van der Waals surface area contributed by atoms with Crippen LogP contribution < -0.4 is 0 Å². The lowest BCUT2D eigenvalue weighted by atomic mass is 9.71. The number of aromatic nitrogens is 2. The monoisotopic (exact) mass is 406 g/mol. The van der Waals surface area contributed by atoms with Gasteiger partial charge in [-0.1, -0.05) is 30.3 Å². The number of hydrogen-bond donors (Lipinski definition) is 1. The molecule has 1 amide bonds. The van der Waals surface area contributed by atoms with Gasteiger partial charge in [0.15, 0.2) is 0 Å². The molecule has 2 aliphatic rings. The van der Waals surface area contributed by atoms with E-state index < -0.39 is 0 Å². The van der Waals surface area contributed by atoms with E-state index in [2.05, 4.69) is 14.9 Å². The molecule has 30 heavy (non-hydrogen) atoms. The summed E-state index contributed by atoms with van der Waals surface area (Å²) in [5, 5.41) is 10.9. The maximum atomic E-state index is 12.8. The molecule has 2 aromatic rings. The van der Waals surface area contributed by atoms with E-state index in [1.165, 1.54) is 0 Å². The highest BCUT2D eigenvalue weighted by Gasteiger charge is 2.46. The molecule has 3 heterocycles. The number of carbonyl (C=O) groups is 1. The van der Waals surface area contributed by atoms with Crippen molar-refractivity contribution in [2.24, 2.45) is 5.41 Å². The van der Waals surface area contributed by atoms with Crippen molar-refractivity contribution >= 4 is 12.0 Å². The maximum absolute atomic E-state index is 12.8. The molecule has 1 aromatic heterocycles. The second-order valence-corrected chi connectivity index (χ2v) is 8.63. The van der Waals surface area contributed by atoms with Crippen LogP contribution in [-0.4, -0.2) is 63.1 Å². The zero-order valence-electron chi connectivity index (χ0n) is 17.6. The number of likely N-dealkylation sites (tertiary alicyclic amines) is 2. The number of benzene rings is 1. The smallest absolute Gasteiger partial charge is 0.246 e. The van der Waals surface area contributed by atoms with Crippen LogP contribution in [-0.2, 0) is 11.3 Å². The molecule has 4 rings (SSSR count). The summed E-state index contributed by atoms with van der Waals surface area (Å²) in [4.78, 5) is 25.9. The van der Waals surface area contributed by atoms with Crippen molar-refractivity contribution in [3.63, 3.8) is 0 Å². The fourth-order valence-electron chi connectivity index (χ4n) is 4.69. The second-order valence-electron chi connectivity index (χ2n) is 8.63. The molecular weight excluding hydrogens is 376 g/mol. The van der Waals surface area contributed by atoms with Gasteiger partial charge in [0.1, 0.15) is 0 Å². The maximum Gasteiger partial charge on any atom is 0.246 e. The van der Waals surface area contributed by atoms with E-state index in [0.717, 1.165) is 62.4 Å². The Morgan fingerprint density at radius 1 is 1.20 bits per heavy atom. The second kappa shape index (κ2) is 9.06. The first-order chi connectivity index (χ1) is 14.5. The van der Waals surface area contributed by atoms with Crippen molar-refractivity contribution in [3.8, 4) is 0 Å². The van der Waals surface area contributed by atoms with Crippen molar-refractivity contribution in [2.75, 3.05) is 26.2 Å². The lowest BCUT2D eigenvalue weighted by Crippen LogP contribution is -2.59. The van der Waals surface area contributed by atoms with Gasteiger partial charge in [-0.05, 0) is 37.8 Å². The molecule has 2 aliphatic heterocycles. The van der Waals surface area contributed by atoms with E-state index >= 15 is 0 Å². The van der Waals surface area contributed by atoms with Crippen LogP contribution in [0.2, 0.25) is 0 Å². The van der Waals surface area contributed by atoms with Crippen LogP contribution in [0.3, 0.4) is 0 Å². The third-order valence-corrected chi connectivity index (χ3v) is 6.32. The summed E-state index contributed by atoms with van der Waals surface area (Å²) in [6, 6.07) is 9.86. The number of aliphatic hydroxyl groups excluding tert-OH is 1. The minimum atomic E-state index is -0.383. The first-order valence-corrected chi connectivity index (χ1v) is 10.7. The highest BCUT2D eigenvalue weighted by molar-refractivity contribution is 5.91. The van der Waals surface area contributed by atoms with E-state index in [-0.39, 0.29) is 17.4 Å². The molecule has 2 fully saturated rings. The topological polar surface area (TPSA) is 69.6 Å². The largest absolute Gasteiger partial charge is 0.392 e. The van der Waals surface area contributed by atoms with Crippen molar-refractivity contribution in [2.45, 2.75) is 38.8 Å². The first-order valence-electron chi connectivity index (χ1n) is 10.7. The Balaban J connectivity index is 1.43. The summed E-state index contributed by atoms with van der Waals surface area (Å²) in [5.41, 5.74) is 2.60. The van der Waals surface area contributed by atoms with Crippen molar-refractivity contribution in [1.29, 1.82) is 0 Å². The van der Waals surface area contributed by atoms with Gasteiger partial charge < -0.3 is 10.0 Å². The number of hydrogen-bond acceptors (Lipinski definition) is 5. The minimum Gasteiger partial charge on any atom is -0.392 e. The van der Waals surface area contributed by atoms with Crippen molar-refractivity contribution in [3.05, 3.63) is 65.8 Å². The number of amides is 1. The van der Waals surface area contributed by atoms with Gasteiger partial charge >= 0.3 is 0 Å². The van der Waals surface area contributed by atoms with Crippen molar-refractivity contribution in [1.82, 2.24) is 19.8 Å². The fourth-order valence-corrected chi connectivity index (χ4v) is 4.69. The minimum absolute atomic E-state index is 0.0200. The van der Waals surface area contributed by atoms with E-state index in [0.29, 0.717) is 6.54 Å². The van der Waals surface area contributed by atoms with Gasteiger partial charge in [-0.25, -0.2) is 0 Å². The summed E-state index contributed by atoms with van der Waals surface area (Å²) >= 11 is 0. The molecule has 6 nitrogen and oxygen atoms in total. The Labute approximate surface area is 178 Å². The summed E-state index contributed by atoms with van der Waals surface area (Å²) in [7, 11) is 0. The molecule has 2 atom stereocenters. The highest BCUT2D eigenvalue weighted by Crippen LogP contribution is 2.39. The van der Waals surface area contributed by atoms with Crippen LogP contribution in [0.5, 0.6) is 0 Å². The highest BCUT2D eigenvalue weighted by atomic mass is 16.3. The molecule has 1 N–H and O–H groups in total. The molecule has 0 radical (unpaired) electrons. The lowest BCUT2D eigenvalue weighted by Gasteiger charge is -2.51. The fraction of sp³-hybridized carbons (Fsp3) is 0.458. The van der Waals surface area contributed by atoms with Gasteiger partial charge in [0.05, 0.1) is 17.5 Å². The standard InChI is InChI=1S/C24H30N4O2/c1-19-14-26-21(15-25-19)16-27-13-10-22(29)24(17-27)11-5-12-28(18-24)23(30)9-8-20-6-3-2-4-7-20/h2-4,6-9,14-15,22,29H,5,10-13,16-18H2,1H3/t22-,24-/m1/s1. The number of rotatable bonds is 4. The summed E-state index contributed by atoms with van der Waals surface area (Å²) in [5.74, 6) is 0.0200. The third-order valence-electron chi connectivity index (χ3n) is 6.32. The van der Waals surface area contributed by atoms with Crippen LogP contribution in [0.15, 0.2) is 48.8 Å². The van der Waals surface area contributed by atoms with Crippen molar-refractivity contribution < 1.29 is 9.90 Å². The molecule has 0 bridgehead atoms. The van der Waals surface area contributed by atoms with Crippen LogP contribution in [0.4, 0.5) is 0 Å². The van der Waals surface area contributed by atoms with Gasteiger partial charge in [0.2, 0.25) is 5.91 Å². The summed E-state index contributed by atoms with van der Waals surface area (Å²) in [6.07, 6.45) is 9.35. The molecule has 0 saturated carbocycles. The van der Waals surface area contributed by atoms with Crippen LogP contribution >= 0.6 is 0 Å². The zero-order chi connectivity index (χ0) is 21.0. The van der Waals surface area contributed by atoms with E-state index in [9.17, 15) is 9.90 Å². The molecule has 0 unspecified atom stereocenters. The zero-order valence-corrected chi connectivity index (χ0v) is 17.6. The van der Waals surface area contributed by atoms with Gasteiger partial charge in [-0.3, -0.25) is 19.7 Å². The van der Waals surface area contributed by atoms with E-state index in [1.54, 1.807) is 12.3 Å². The number of piperidine rings is 2. The number of nitrogens with zero attached hydrogens (tertiary/aromatic N) is 4. The lowest BCUT2D eigenvalue weighted by molar-refractivity contribution is -0.136. The average Bonchev–Trinajstić information content (AvgIpc) is 2.77. The molecular formula is C24H30N4O2. The third kappa shape index (κ3) is 4.77. The predicted molar refractivity (Wildman–Crippen MR) is 116 cm³/mol. The summed E-state index contributed by atoms with van der Waals surface area (Å²) < 4.78 is 0. The Kier molecular flexibility index (Phi) is 6.25. The SMILES string of the molecule is Cc1cnc(CN2CC[C@@H](O)[C@]3(CCCN(C(=O)C=Cc4ccccc4)C3)C2)cn1. The van der Waals surface area contributed by atoms with Crippen LogP contribution in [0.25, 0.3) is 6.08 Å². The van der Waals surface area contributed by atoms with E-state index in [4.69, 9.17) is 0 Å². The Bertz CT molecular complexity index is 884. The Hall–Kier alpha value is -2.57. The van der Waals surface area contributed by atoms with Crippen LogP contribution in [0.1, 0.15) is 36.2 Å². The molecule has 1 spiro atoms. The Morgan fingerprint density at radius 3 is 2.80 bits per heavy atom. The molecule has 158 valence electrons. The van der Waals surface area contributed by atoms with E-state index in [1.807, 2.05) is 54.4 Å². The molecule has 6 heteroatoms. The van der Waals surface area contributed by atoms with Gasteiger partial charge in [-0.15, -0.1) is 0 Å². The quantitative estimate of drug-likeness (QED) is 0.791. The van der Waals surface area contributed by atoms with Gasteiger partial charge in [0.25, 0.3) is 0 Å². The predicted octanol–water partition coefficient (Wildman–Crippen LogP) is 2.67. The number of aliphatic hydroxyl groups is 1.